The summed E-state index contributed by atoms with van der Waals surface area (Å²) in [7, 11) is 2.57. The van der Waals surface area contributed by atoms with Crippen molar-refractivity contribution in [2.24, 2.45) is 17.9 Å². The third-order valence-corrected chi connectivity index (χ3v) is 4.50. The molecule has 1 saturated carbocycles. The Kier molecular flexibility index (Phi) is 8.83. The molecule has 0 spiro atoms. The van der Waals surface area contributed by atoms with E-state index in [1.165, 1.54) is 19.2 Å². The summed E-state index contributed by atoms with van der Waals surface area (Å²) in [6, 6.07) is 5.02. The lowest BCUT2D eigenvalue weighted by Crippen LogP contribution is -2.29. The second-order valence-corrected chi connectivity index (χ2v) is 6.47. The van der Waals surface area contributed by atoms with Gasteiger partial charge in [-0.2, -0.15) is 18.3 Å². The van der Waals surface area contributed by atoms with Gasteiger partial charge in [-0.25, -0.2) is 4.39 Å². The Morgan fingerprint density at radius 3 is 2.30 bits per heavy atom. The van der Waals surface area contributed by atoms with E-state index in [-0.39, 0.29) is 23.2 Å². The number of aldehydes is 1. The number of alkyl halides is 3. The van der Waals surface area contributed by atoms with Gasteiger partial charge in [0, 0.05) is 12.1 Å². The Balaban J connectivity index is 0.000000287. The molecule has 30 heavy (non-hydrogen) atoms. The number of nitrogens with zero attached hydrogens (tertiary/aromatic N) is 3. The van der Waals surface area contributed by atoms with Crippen molar-refractivity contribution in [2.75, 3.05) is 7.11 Å². The van der Waals surface area contributed by atoms with Gasteiger partial charge in [0.25, 0.3) is 0 Å². The molecule has 11 heteroatoms. The highest BCUT2D eigenvalue weighted by atomic mass is 35.5. The van der Waals surface area contributed by atoms with Gasteiger partial charge in [0.05, 0.1) is 5.41 Å². The van der Waals surface area contributed by atoms with Gasteiger partial charge < -0.3 is 10.6 Å². The van der Waals surface area contributed by atoms with Crippen molar-refractivity contribution in [2.45, 2.75) is 38.3 Å². The van der Waals surface area contributed by atoms with Crippen molar-refractivity contribution in [1.82, 2.24) is 9.78 Å². The standard InChI is InChI=1S/C11H12ClFN2O.C6H5F3N2O.C2H6/c1-16-15-10(14)11(4-5-11)8-3-2-7(13)6-9(8)12;1-11-5(6(7,8)9)2-4(3-12)10-11;1-2/h2-3,6H,4-5H2,1H3,(H2,14,15);2-3H,1H3;1-2H3. The van der Waals surface area contributed by atoms with Crippen LogP contribution in [0.5, 0.6) is 0 Å². The number of aromatic nitrogens is 2. The van der Waals surface area contributed by atoms with Gasteiger partial charge in [-0.1, -0.05) is 36.7 Å². The van der Waals surface area contributed by atoms with E-state index in [1.807, 2.05) is 13.8 Å². The van der Waals surface area contributed by atoms with E-state index in [2.05, 4.69) is 15.1 Å². The zero-order valence-corrected chi connectivity index (χ0v) is 17.7. The second-order valence-electron chi connectivity index (χ2n) is 6.06. The Morgan fingerprint density at radius 2 is 1.93 bits per heavy atom. The van der Waals surface area contributed by atoms with Crippen LogP contribution in [0.25, 0.3) is 0 Å². The summed E-state index contributed by atoms with van der Waals surface area (Å²) >= 11 is 6.01. The third-order valence-electron chi connectivity index (χ3n) is 4.19. The number of nitrogens with two attached hydrogens (primary N) is 1. The summed E-state index contributed by atoms with van der Waals surface area (Å²) in [4.78, 5) is 14.7. The van der Waals surface area contributed by atoms with E-state index in [1.54, 1.807) is 6.07 Å². The molecule has 1 aliphatic carbocycles. The van der Waals surface area contributed by atoms with Crippen LogP contribution in [-0.2, 0) is 23.5 Å². The highest BCUT2D eigenvalue weighted by Crippen LogP contribution is 2.50. The minimum Gasteiger partial charge on any atom is -0.398 e. The number of hydrogen-bond donors (Lipinski definition) is 1. The predicted octanol–water partition coefficient (Wildman–Crippen LogP) is 4.71. The zero-order valence-electron chi connectivity index (χ0n) is 16.9. The smallest absolute Gasteiger partial charge is 0.398 e. The molecule has 1 fully saturated rings. The minimum atomic E-state index is -4.46. The molecule has 0 radical (unpaired) electrons. The molecule has 0 aliphatic heterocycles. The van der Waals surface area contributed by atoms with Crippen molar-refractivity contribution in [3.63, 3.8) is 0 Å². The van der Waals surface area contributed by atoms with Crippen molar-refractivity contribution in [3.05, 3.63) is 52.1 Å². The summed E-state index contributed by atoms with van der Waals surface area (Å²) < 4.78 is 49.6. The van der Waals surface area contributed by atoms with Crippen molar-refractivity contribution in [3.8, 4) is 0 Å². The van der Waals surface area contributed by atoms with Crippen LogP contribution in [0.4, 0.5) is 17.6 Å². The van der Waals surface area contributed by atoms with Crippen LogP contribution in [0.15, 0.2) is 29.4 Å². The molecule has 2 N–H and O–H groups in total. The Morgan fingerprint density at radius 1 is 1.33 bits per heavy atom. The van der Waals surface area contributed by atoms with Crippen molar-refractivity contribution >= 4 is 23.7 Å². The highest BCUT2D eigenvalue weighted by molar-refractivity contribution is 6.32. The van der Waals surface area contributed by atoms with Gasteiger partial charge >= 0.3 is 6.18 Å². The van der Waals surface area contributed by atoms with Gasteiger partial charge in [-0.15, -0.1) is 0 Å². The molecule has 3 rings (SSSR count). The molecule has 1 heterocycles. The largest absolute Gasteiger partial charge is 0.433 e. The Bertz CT molecular complexity index is 893. The third kappa shape index (κ3) is 5.94. The molecule has 0 unspecified atom stereocenters. The number of hydrogen-bond acceptors (Lipinski definition) is 4. The molecule has 0 atom stereocenters. The fourth-order valence-electron chi connectivity index (χ4n) is 2.66. The monoisotopic (exact) mass is 450 g/mol. The maximum atomic E-state index is 12.9. The number of benzene rings is 1. The number of amidine groups is 1. The van der Waals surface area contributed by atoms with Crippen LogP contribution in [-0.4, -0.2) is 29.0 Å². The molecule has 6 nitrogen and oxygen atoms in total. The molecule has 0 saturated heterocycles. The first-order chi connectivity index (χ1) is 14.0. The average Bonchev–Trinajstić information content (AvgIpc) is 3.39. The number of carbonyl (C=O) groups excluding carboxylic acids is 1. The molecule has 1 aromatic heterocycles. The number of halogens is 5. The zero-order chi connectivity index (χ0) is 23.1. The van der Waals surface area contributed by atoms with Crippen LogP contribution in [0.1, 0.15) is 48.4 Å². The summed E-state index contributed by atoms with van der Waals surface area (Å²) in [5.41, 5.74) is 5.15. The summed E-state index contributed by atoms with van der Waals surface area (Å²) in [5.74, 6) is 0.0373. The molecular formula is C19H23ClF4N4O2. The molecule has 166 valence electrons. The van der Waals surface area contributed by atoms with E-state index >= 15 is 0 Å². The van der Waals surface area contributed by atoms with E-state index < -0.39 is 11.9 Å². The molecule has 2 aromatic rings. The van der Waals surface area contributed by atoms with Crippen molar-refractivity contribution in [1.29, 1.82) is 0 Å². The number of oxime groups is 1. The average molecular weight is 451 g/mol. The minimum absolute atomic E-state index is 0.218. The topological polar surface area (TPSA) is 82.5 Å². The number of carbonyl (C=O) groups is 1. The summed E-state index contributed by atoms with van der Waals surface area (Å²) in [6.45, 7) is 4.00. The Labute approximate surface area is 176 Å². The quantitative estimate of drug-likeness (QED) is 0.240. The van der Waals surface area contributed by atoms with Gasteiger partial charge in [-0.05, 0) is 36.6 Å². The van der Waals surface area contributed by atoms with Crippen LogP contribution in [0.3, 0.4) is 0 Å². The summed E-state index contributed by atoms with van der Waals surface area (Å²) in [6.07, 6.45) is -2.47. The SMILES string of the molecule is CC.CO/N=C(\N)C1(c2ccc(F)cc2Cl)CC1.Cn1nc(C=O)cc1C(F)(F)F. The normalized spacial score (nSPS) is 14.6. The van der Waals surface area contributed by atoms with Crippen LogP contribution < -0.4 is 5.73 Å². The molecule has 0 amide bonds. The van der Waals surface area contributed by atoms with Gasteiger partial charge in [-0.3, -0.25) is 9.48 Å². The fraction of sp³-hybridized carbons (Fsp3) is 0.421. The number of rotatable bonds is 4. The maximum Gasteiger partial charge on any atom is 0.433 e. The lowest BCUT2D eigenvalue weighted by molar-refractivity contribution is -0.143. The molecule has 0 bridgehead atoms. The van der Waals surface area contributed by atoms with Gasteiger partial charge in [0.1, 0.15) is 30.2 Å². The van der Waals surface area contributed by atoms with Crippen LogP contribution in [0.2, 0.25) is 5.02 Å². The van der Waals surface area contributed by atoms with Crippen molar-refractivity contribution < 1.29 is 27.2 Å². The second kappa shape index (κ2) is 10.4. The van der Waals surface area contributed by atoms with E-state index in [0.29, 0.717) is 21.6 Å². The van der Waals surface area contributed by atoms with Crippen LogP contribution in [0, 0.1) is 5.82 Å². The van der Waals surface area contributed by atoms with Gasteiger partial charge in [0.15, 0.2) is 6.29 Å². The molecule has 1 aliphatic rings. The van der Waals surface area contributed by atoms with E-state index in [0.717, 1.165) is 25.5 Å². The summed E-state index contributed by atoms with van der Waals surface area (Å²) in [5, 5.41) is 7.45. The van der Waals surface area contributed by atoms with Crippen LogP contribution >= 0.6 is 11.6 Å². The first kappa shape index (κ1) is 25.4. The Hall–Kier alpha value is -2.62. The van der Waals surface area contributed by atoms with E-state index in [9.17, 15) is 22.4 Å². The van der Waals surface area contributed by atoms with Gasteiger partial charge in [0.2, 0.25) is 0 Å². The predicted molar refractivity (Wildman–Crippen MR) is 106 cm³/mol. The first-order valence-electron chi connectivity index (χ1n) is 8.94. The molecule has 1 aromatic carbocycles. The lowest BCUT2D eigenvalue weighted by Gasteiger charge is -2.15. The maximum absolute atomic E-state index is 12.9. The highest BCUT2D eigenvalue weighted by Gasteiger charge is 2.50. The van der Waals surface area contributed by atoms with E-state index in [4.69, 9.17) is 17.3 Å². The lowest BCUT2D eigenvalue weighted by atomic mass is 9.95. The number of aryl methyl sites for hydroxylation is 1. The first-order valence-corrected chi connectivity index (χ1v) is 9.32. The molecular weight excluding hydrogens is 428 g/mol. The fourth-order valence-corrected chi connectivity index (χ4v) is 3.01.